The summed E-state index contributed by atoms with van der Waals surface area (Å²) < 4.78 is 22.3. The van der Waals surface area contributed by atoms with Crippen LogP contribution in [0.25, 0.3) is 0 Å². The molecule has 1 atom stereocenters. The standard InChI is InChI=1S/C9H18N3O4P/c1-3-15-17(14,16-4-2)6-8(13)5-9-10-7-11-12-9/h7-8,13H,3-6H2,1-2H3,(H,10,11,12). The number of nitrogens with one attached hydrogen (secondary N) is 1. The Bertz CT molecular complexity index is 347. The Morgan fingerprint density at radius 1 is 1.47 bits per heavy atom. The predicted octanol–water partition coefficient (Wildman–Crippen LogP) is 0.974. The lowest BCUT2D eigenvalue weighted by atomic mass is 10.3. The summed E-state index contributed by atoms with van der Waals surface area (Å²) >= 11 is 0. The molecular formula is C9H18N3O4P. The van der Waals surface area contributed by atoms with Crippen LogP contribution in [-0.2, 0) is 20.0 Å². The molecule has 7 nitrogen and oxygen atoms in total. The van der Waals surface area contributed by atoms with Gasteiger partial charge in [0.15, 0.2) is 5.82 Å². The minimum Gasteiger partial charge on any atom is -0.392 e. The summed E-state index contributed by atoms with van der Waals surface area (Å²) in [7, 11) is -3.21. The molecule has 0 saturated carbocycles. The average molecular weight is 263 g/mol. The van der Waals surface area contributed by atoms with Gasteiger partial charge in [0, 0.05) is 6.42 Å². The van der Waals surface area contributed by atoms with Crippen LogP contribution in [0.4, 0.5) is 0 Å². The highest BCUT2D eigenvalue weighted by Gasteiger charge is 2.28. The van der Waals surface area contributed by atoms with E-state index in [2.05, 4.69) is 15.2 Å². The van der Waals surface area contributed by atoms with E-state index in [0.717, 1.165) is 0 Å². The van der Waals surface area contributed by atoms with Crippen LogP contribution in [0.15, 0.2) is 6.33 Å². The first-order valence-electron chi connectivity index (χ1n) is 5.50. The SMILES string of the molecule is CCOP(=O)(CC(O)Cc1nc[nH]n1)OCC. The highest BCUT2D eigenvalue weighted by atomic mass is 31.2. The monoisotopic (exact) mass is 263 g/mol. The first kappa shape index (κ1) is 14.3. The van der Waals surface area contributed by atoms with Crippen LogP contribution in [0, 0.1) is 0 Å². The number of hydrogen-bond donors (Lipinski definition) is 2. The summed E-state index contributed by atoms with van der Waals surface area (Å²) in [6.07, 6.45) is 0.735. The van der Waals surface area contributed by atoms with Crippen molar-refractivity contribution >= 4 is 7.60 Å². The maximum absolute atomic E-state index is 12.1. The molecule has 1 aromatic heterocycles. The Morgan fingerprint density at radius 2 is 2.12 bits per heavy atom. The smallest absolute Gasteiger partial charge is 0.333 e. The van der Waals surface area contributed by atoms with Gasteiger partial charge in [0.25, 0.3) is 0 Å². The molecule has 1 rings (SSSR count). The number of aromatic amines is 1. The van der Waals surface area contributed by atoms with Crippen LogP contribution in [0.3, 0.4) is 0 Å². The Balaban J connectivity index is 2.51. The fourth-order valence-corrected chi connectivity index (χ4v) is 3.12. The minimum atomic E-state index is -3.21. The van der Waals surface area contributed by atoms with Crippen molar-refractivity contribution in [3.05, 3.63) is 12.2 Å². The minimum absolute atomic E-state index is 0.0524. The van der Waals surface area contributed by atoms with Crippen molar-refractivity contribution in [1.29, 1.82) is 0 Å². The second-order valence-electron chi connectivity index (χ2n) is 3.40. The highest BCUT2D eigenvalue weighted by Crippen LogP contribution is 2.48. The fourth-order valence-electron chi connectivity index (χ4n) is 1.40. The maximum atomic E-state index is 12.1. The van der Waals surface area contributed by atoms with Gasteiger partial charge in [-0.15, -0.1) is 0 Å². The van der Waals surface area contributed by atoms with Crippen molar-refractivity contribution in [3.8, 4) is 0 Å². The molecule has 0 saturated heterocycles. The fraction of sp³-hybridized carbons (Fsp3) is 0.778. The van der Waals surface area contributed by atoms with E-state index in [1.807, 2.05) is 0 Å². The number of aliphatic hydroxyl groups is 1. The Labute approximate surface area is 100 Å². The number of nitrogens with zero attached hydrogens (tertiary/aromatic N) is 2. The zero-order valence-electron chi connectivity index (χ0n) is 10.00. The zero-order chi connectivity index (χ0) is 12.7. The first-order chi connectivity index (χ1) is 8.09. The van der Waals surface area contributed by atoms with Gasteiger partial charge in [-0.1, -0.05) is 0 Å². The summed E-state index contributed by atoms with van der Waals surface area (Å²) in [6, 6.07) is 0. The molecule has 0 radical (unpaired) electrons. The molecule has 0 aromatic carbocycles. The zero-order valence-corrected chi connectivity index (χ0v) is 10.9. The van der Waals surface area contributed by atoms with Gasteiger partial charge in [-0.2, -0.15) is 5.10 Å². The van der Waals surface area contributed by atoms with Gasteiger partial charge in [0.1, 0.15) is 6.33 Å². The van der Waals surface area contributed by atoms with Crippen molar-refractivity contribution in [2.45, 2.75) is 26.4 Å². The number of hydrogen-bond acceptors (Lipinski definition) is 6. The molecule has 0 aliphatic heterocycles. The highest BCUT2D eigenvalue weighted by molar-refractivity contribution is 7.53. The van der Waals surface area contributed by atoms with Gasteiger partial charge < -0.3 is 14.2 Å². The van der Waals surface area contributed by atoms with E-state index in [1.54, 1.807) is 13.8 Å². The molecule has 8 heteroatoms. The molecule has 0 aliphatic rings. The van der Waals surface area contributed by atoms with Gasteiger partial charge in [0.2, 0.25) is 0 Å². The molecule has 0 aliphatic carbocycles. The normalized spacial score (nSPS) is 13.8. The third-order valence-corrected chi connectivity index (χ3v) is 4.14. The van der Waals surface area contributed by atoms with Crippen molar-refractivity contribution in [1.82, 2.24) is 15.2 Å². The molecule has 0 bridgehead atoms. The summed E-state index contributed by atoms with van der Waals surface area (Å²) in [6.45, 7) is 4.02. The topological polar surface area (TPSA) is 97.3 Å². The van der Waals surface area contributed by atoms with Gasteiger partial charge in [-0.25, -0.2) is 4.98 Å². The predicted molar refractivity (Wildman–Crippen MR) is 61.8 cm³/mol. The van der Waals surface area contributed by atoms with E-state index in [9.17, 15) is 9.67 Å². The summed E-state index contributed by atoms with van der Waals surface area (Å²) in [5, 5.41) is 16.1. The van der Waals surface area contributed by atoms with Crippen molar-refractivity contribution in [3.63, 3.8) is 0 Å². The van der Waals surface area contributed by atoms with E-state index in [-0.39, 0.29) is 25.8 Å². The lowest BCUT2D eigenvalue weighted by Gasteiger charge is -2.19. The molecule has 1 aromatic rings. The number of aliphatic hydroxyl groups excluding tert-OH is 1. The van der Waals surface area contributed by atoms with E-state index in [4.69, 9.17) is 9.05 Å². The Morgan fingerprint density at radius 3 is 2.59 bits per heavy atom. The van der Waals surface area contributed by atoms with Gasteiger partial charge >= 0.3 is 7.60 Å². The lowest BCUT2D eigenvalue weighted by Crippen LogP contribution is -2.18. The molecule has 98 valence electrons. The quantitative estimate of drug-likeness (QED) is 0.678. The van der Waals surface area contributed by atoms with Gasteiger partial charge in [-0.05, 0) is 13.8 Å². The third-order valence-electron chi connectivity index (χ3n) is 1.97. The summed E-state index contributed by atoms with van der Waals surface area (Å²) in [4.78, 5) is 3.88. The molecule has 0 amide bonds. The van der Waals surface area contributed by atoms with Crippen LogP contribution in [0.5, 0.6) is 0 Å². The Hall–Kier alpha value is -0.750. The number of rotatable bonds is 8. The van der Waals surface area contributed by atoms with Crippen molar-refractivity contribution in [2.75, 3.05) is 19.4 Å². The van der Waals surface area contributed by atoms with Crippen molar-refractivity contribution in [2.24, 2.45) is 0 Å². The summed E-state index contributed by atoms with van der Waals surface area (Å²) in [5.41, 5.74) is 0. The average Bonchev–Trinajstić information content (AvgIpc) is 2.70. The Kier molecular flexibility index (Phi) is 5.77. The van der Waals surface area contributed by atoms with Gasteiger partial charge in [0.05, 0.1) is 25.5 Å². The van der Waals surface area contributed by atoms with Crippen LogP contribution in [0.2, 0.25) is 0 Å². The van der Waals surface area contributed by atoms with E-state index < -0.39 is 13.7 Å². The molecule has 0 spiro atoms. The maximum Gasteiger partial charge on any atom is 0.333 e. The van der Waals surface area contributed by atoms with Crippen molar-refractivity contribution < 1.29 is 18.7 Å². The van der Waals surface area contributed by atoms with Crippen LogP contribution in [-0.4, -0.2) is 45.8 Å². The lowest BCUT2D eigenvalue weighted by molar-refractivity contribution is 0.167. The van der Waals surface area contributed by atoms with Crippen LogP contribution >= 0.6 is 7.60 Å². The summed E-state index contributed by atoms with van der Waals surface area (Å²) in [5.74, 6) is 0.469. The third kappa shape index (κ3) is 4.95. The largest absolute Gasteiger partial charge is 0.392 e. The van der Waals surface area contributed by atoms with Crippen LogP contribution < -0.4 is 0 Å². The van der Waals surface area contributed by atoms with Crippen LogP contribution in [0.1, 0.15) is 19.7 Å². The molecule has 0 fully saturated rings. The second-order valence-corrected chi connectivity index (χ2v) is 5.51. The van der Waals surface area contributed by atoms with E-state index in [1.165, 1.54) is 6.33 Å². The van der Waals surface area contributed by atoms with E-state index in [0.29, 0.717) is 5.82 Å². The molecule has 2 N–H and O–H groups in total. The number of aromatic nitrogens is 3. The second kappa shape index (κ2) is 6.86. The molecule has 1 heterocycles. The molecule has 17 heavy (non-hydrogen) atoms. The van der Waals surface area contributed by atoms with E-state index >= 15 is 0 Å². The molecule has 1 unspecified atom stereocenters. The first-order valence-corrected chi connectivity index (χ1v) is 7.23. The molecular weight excluding hydrogens is 245 g/mol. The number of H-pyrrole nitrogens is 1. The van der Waals surface area contributed by atoms with Gasteiger partial charge in [-0.3, -0.25) is 9.66 Å².